The van der Waals surface area contributed by atoms with Crippen LogP contribution < -0.4 is 15.7 Å². The first kappa shape index (κ1) is 21.6. The summed E-state index contributed by atoms with van der Waals surface area (Å²) in [6, 6.07) is 8.72. The average Bonchev–Trinajstić information content (AvgIpc) is 3.43. The Kier molecular flexibility index (Phi) is 5.95. The van der Waals surface area contributed by atoms with E-state index in [0.717, 1.165) is 11.8 Å². The molecule has 1 aliphatic rings. The Hall–Kier alpha value is -3.67. The molecule has 0 bridgehead atoms. The standard InChI is InChI=1S/C20H20F3N7O2/c1-24-17(31)12-29-11-14(9-26-29)27-19-25-10-15(20(21,22)23)18(28-19)30-16(7-8-32-30)13-5-3-2-4-6-13/h2-6,9-11,16H,7-8,12H2,1H3,(H,24,31)(H,25,27,28)/t16-/m0/s1. The summed E-state index contributed by atoms with van der Waals surface area (Å²) < 4.78 is 42.5. The van der Waals surface area contributed by atoms with Crippen LogP contribution in [0.1, 0.15) is 23.6 Å². The van der Waals surface area contributed by atoms with E-state index in [4.69, 9.17) is 4.84 Å². The van der Waals surface area contributed by atoms with Crippen molar-refractivity contribution in [3.8, 4) is 0 Å². The third-order valence-corrected chi connectivity index (χ3v) is 4.85. The zero-order chi connectivity index (χ0) is 22.7. The first-order valence-corrected chi connectivity index (χ1v) is 9.76. The number of carbonyl (C=O) groups excluding carboxylic acids is 1. The highest BCUT2D eigenvalue weighted by Gasteiger charge is 2.40. The molecule has 3 aromatic rings. The monoisotopic (exact) mass is 447 g/mol. The summed E-state index contributed by atoms with van der Waals surface area (Å²) in [6.45, 7) is 0.257. The molecule has 0 aliphatic carbocycles. The zero-order valence-electron chi connectivity index (χ0n) is 17.0. The van der Waals surface area contributed by atoms with Crippen LogP contribution in [-0.4, -0.2) is 39.3 Å². The van der Waals surface area contributed by atoms with Crippen molar-refractivity contribution in [3.63, 3.8) is 0 Å². The summed E-state index contributed by atoms with van der Waals surface area (Å²) in [4.78, 5) is 25.0. The van der Waals surface area contributed by atoms with E-state index in [0.29, 0.717) is 12.1 Å². The largest absolute Gasteiger partial charge is 0.421 e. The van der Waals surface area contributed by atoms with Gasteiger partial charge in [-0.1, -0.05) is 30.3 Å². The van der Waals surface area contributed by atoms with Gasteiger partial charge in [0.1, 0.15) is 12.1 Å². The lowest BCUT2D eigenvalue weighted by Crippen LogP contribution is -2.26. The molecular formula is C20H20F3N7O2. The van der Waals surface area contributed by atoms with Crippen molar-refractivity contribution >= 4 is 23.4 Å². The minimum Gasteiger partial charge on any atom is -0.358 e. The van der Waals surface area contributed by atoms with E-state index in [2.05, 4.69) is 25.7 Å². The first-order chi connectivity index (χ1) is 15.3. The van der Waals surface area contributed by atoms with Crippen LogP contribution in [0.15, 0.2) is 48.9 Å². The molecule has 9 nitrogen and oxygen atoms in total. The van der Waals surface area contributed by atoms with Crippen molar-refractivity contribution in [1.82, 2.24) is 25.1 Å². The minimum absolute atomic E-state index is 0.00231. The van der Waals surface area contributed by atoms with E-state index in [-0.39, 0.29) is 30.8 Å². The Balaban J connectivity index is 1.64. The van der Waals surface area contributed by atoms with Gasteiger partial charge in [-0.15, -0.1) is 0 Å². The van der Waals surface area contributed by atoms with Gasteiger partial charge >= 0.3 is 6.18 Å². The Bertz CT molecular complexity index is 1090. The number of anilines is 3. The number of aromatic nitrogens is 4. The number of hydrogen-bond donors (Lipinski definition) is 2. The maximum atomic E-state index is 13.7. The quantitative estimate of drug-likeness (QED) is 0.600. The topological polar surface area (TPSA) is 97.2 Å². The van der Waals surface area contributed by atoms with Crippen LogP contribution in [0.25, 0.3) is 0 Å². The fourth-order valence-electron chi connectivity index (χ4n) is 3.33. The molecule has 0 spiro atoms. The highest BCUT2D eigenvalue weighted by molar-refractivity contribution is 5.75. The predicted octanol–water partition coefficient (Wildman–Crippen LogP) is 3.06. The van der Waals surface area contributed by atoms with Gasteiger partial charge in [-0.25, -0.2) is 10.0 Å². The van der Waals surface area contributed by atoms with Crippen molar-refractivity contribution in [2.75, 3.05) is 24.0 Å². The second kappa shape index (κ2) is 8.83. The molecule has 32 heavy (non-hydrogen) atoms. The Morgan fingerprint density at radius 2 is 2.03 bits per heavy atom. The number of halogens is 3. The fraction of sp³-hybridized carbons (Fsp3) is 0.300. The van der Waals surface area contributed by atoms with Gasteiger partial charge < -0.3 is 10.6 Å². The van der Waals surface area contributed by atoms with Gasteiger partial charge in [0.2, 0.25) is 11.9 Å². The van der Waals surface area contributed by atoms with Gasteiger partial charge in [0.15, 0.2) is 5.82 Å². The molecule has 0 unspecified atom stereocenters. The van der Waals surface area contributed by atoms with Crippen molar-refractivity contribution < 1.29 is 22.8 Å². The molecular weight excluding hydrogens is 427 g/mol. The second-order valence-corrected chi connectivity index (χ2v) is 7.03. The van der Waals surface area contributed by atoms with E-state index < -0.39 is 17.8 Å². The Morgan fingerprint density at radius 3 is 2.75 bits per heavy atom. The van der Waals surface area contributed by atoms with Crippen LogP contribution in [0.2, 0.25) is 0 Å². The van der Waals surface area contributed by atoms with Gasteiger partial charge in [-0.2, -0.15) is 23.3 Å². The van der Waals surface area contributed by atoms with Crippen molar-refractivity contribution in [3.05, 3.63) is 60.0 Å². The molecule has 1 saturated heterocycles. The molecule has 1 fully saturated rings. The van der Waals surface area contributed by atoms with Crippen LogP contribution >= 0.6 is 0 Å². The van der Waals surface area contributed by atoms with E-state index in [1.165, 1.54) is 29.2 Å². The summed E-state index contributed by atoms with van der Waals surface area (Å²) in [5.41, 5.74) is 0.240. The van der Waals surface area contributed by atoms with Crippen LogP contribution in [0.3, 0.4) is 0 Å². The number of nitrogens with one attached hydrogen (secondary N) is 2. The number of carbonyl (C=O) groups is 1. The minimum atomic E-state index is -4.67. The number of likely N-dealkylation sites (N-methyl/N-ethyl adjacent to an activating group) is 1. The molecule has 4 rings (SSSR count). The molecule has 0 saturated carbocycles. The zero-order valence-corrected chi connectivity index (χ0v) is 17.0. The van der Waals surface area contributed by atoms with E-state index in [9.17, 15) is 18.0 Å². The van der Waals surface area contributed by atoms with Gasteiger partial charge in [0.25, 0.3) is 0 Å². The molecule has 2 aromatic heterocycles. The van der Waals surface area contributed by atoms with Crippen molar-refractivity contribution in [1.29, 1.82) is 0 Å². The average molecular weight is 447 g/mol. The predicted molar refractivity (Wildman–Crippen MR) is 109 cm³/mol. The highest BCUT2D eigenvalue weighted by Crippen LogP contribution is 2.41. The summed E-state index contributed by atoms with van der Waals surface area (Å²) in [6.07, 6.45) is -0.485. The Labute approximate surface area is 181 Å². The maximum absolute atomic E-state index is 13.7. The second-order valence-electron chi connectivity index (χ2n) is 7.03. The SMILES string of the molecule is CNC(=O)Cn1cc(Nc2ncc(C(F)(F)F)c(N3OCC[C@H]3c3ccccc3)n2)cn1. The number of benzene rings is 1. The van der Waals surface area contributed by atoms with Crippen LogP contribution in [-0.2, 0) is 22.4 Å². The van der Waals surface area contributed by atoms with Crippen LogP contribution in [0.5, 0.6) is 0 Å². The van der Waals surface area contributed by atoms with Gasteiger partial charge in [-0.05, 0) is 5.56 Å². The molecule has 3 heterocycles. The summed E-state index contributed by atoms with van der Waals surface area (Å²) in [5.74, 6) is -0.681. The molecule has 2 N–H and O–H groups in total. The van der Waals surface area contributed by atoms with Gasteiger partial charge in [-0.3, -0.25) is 14.3 Å². The van der Waals surface area contributed by atoms with Gasteiger partial charge in [0.05, 0.1) is 24.5 Å². The summed E-state index contributed by atoms with van der Waals surface area (Å²) >= 11 is 0. The number of nitrogens with zero attached hydrogens (tertiary/aromatic N) is 5. The smallest absolute Gasteiger partial charge is 0.358 e. The molecule has 1 aliphatic heterocycles. The maximum Gasteiger partial charge on any atom is 0.421 e. The molecule has 1 atom stereocenters. The third kappa shape index (κ3) is 4.64. The lowest BCUT2D eigenvalue weighted by molar-refractivity contribution is -0.138. The lowest BCUT2D eigenvalue weighted by atomic mass is 10.0. The number of hydrogen-bond acceptors (Lipinski definition) is 7. The molecule has 1 amide bonds. The lowest BCUT2D eigenvalue weighted by Gasteiger charge is -2.26. The molecule has 168 valence electrons. The van der Waals surface area contributed by atoms with E-state index in [1.807, 2.05) is 30.3 Å². The Morgan fingerprint density at radius 1 is 1.25 bits per heavy atom. The number of amides is 1. The number of alkyl halides is 3. The number of rotatable bonds is 6. The highest BCUT2D eigenvalue weighted by atomic mass is 19.4. The number of hydroxylamine groups is 1. The molecule has 12 heteroatoms. The van der Waals surface area contributed by atoms with Crippen LogP contribution in [0, 0.1) is 0 Å². The summed E-state index contributed by atoms with van der Waals surface area (Å²) in [7, 11) is 1.51. The summed E-state index contributed by atoms with van der Waals surface area (Å²) in [5, 5.41) is 10.5. The normalized spacial score (nSPS) is 16.2. The van der Waals surface area contributed by atoms with E-state index >= 15 is 0 Å². The van der Waals surface area contributed by atoms with Crippen molar-refractivity contribution in [2.24, 2.45) is 0 Å². The van der Waals surface area contributed by atoms with Crippen molar-refractivity contribution in [2.45, 2.75) is 25.2 Å². The first-order valence-electron chi connectivity index (χ1n) is 9.76. The van der Waals surface area contributed by atoms with E-state index in [1.54, 1.807) is 0 Å². The molecule has 0 radical (unpaired) electrons. The van der Waals surface area contributed by atoms with Gasteiger partial charge in [0, 0.05) is 25.9 Å². The molecule has 1 aromatic carbocycles. The fourth-order valence-corrected chi connectivity index (χ4v) is 3.33. The van der Waals surface area contributed by atoms with Crippen LogP contribution in [0.4, 0.5) is 30.6 Å². The third-order valence-electron chi connectivity index (χ3n) is 4.85.